The van der Waals surface area contributed by atoms with Gasteiger partial charge in [0.2, 0.25) is 5.91 Å². The Morgan fingerprint density at radius 3 is 2.80 bits per heavy atom. The number of nitrogens with one attached hydrogen (secondary N) is 1. The van der Waals surface area contributed by atoms with Crippen LogP contribution in [-0.2, 0) is 9.59 Å². The fourth-order valence-electron chi connectivity index (χ4n) is 1.10. The van der Waals surface area contributed by atoms with Gasteiger partial charge in [0, 0.05) is 12.5 Å². The summed E-state index contributed by atoms with van der Waals surface area (Å²) in [6.07, 6.45) is 1.44. The third kappa shape index (κ3) is 1.56. The molecule has 0 saturated carbocycles. The van der Waals surface area contributed by atoms with E-state index in [0.717, 1.165) is 6.42 Å². The Labute approximate surface area is 59.8 Å². The third-order valence-corrected chi connectivity index (χ3v) is 1.69. The van der Waals surface area contributed by atoms with Gasteiger partial charge in [-0.1, -0.05) is 6.92 Å². The molecule has 0 aromatic carbocycles. The van der Waals surface area contributed by atoms with Crippen molar-refractivity contribution in [3.8, 4) is 0 Å². The van der Waals surface area contributed by atoms with Gasteiger partial charge in [0.25, 0.3) is 0 Å². The maximum absolute atomic E-state index is 10.8. The molecule has 3 heteroatoms. The summed E-state index contributed by atoms with van der Waals surface area (Å²) in [5.74, 6) is -0.0568. The number of amides is 1. The maximum atomic E-state index is 10.8. The predicted octanol–water partition coefficient (Wildman–Crippen LogP) is 0.244. The normalized spacial score (nSPS) is 26.3. The second-order valence-electron chi connectivity index (χ2n) is 2.59. The lowest BCUT2D eigenvalue weighted by Gasteiger charge is -2.20. The van der Waals surface area contributed by atoms with E-state index in [1.54, 1.807) is 0 Å². The molecule has 1 aliphatic heterocycles. The maximum Gasteiger partial charge on any atom is 0.227 e. The van der Waals surface area contributed by atoms with Gasteiger partial charge in [-0.05, 0) is 6.42 Å². The molecule has 1 unspecified atom stereocenters. The van der Waals surface area contributed by atoms with E-state index in [4.69, 9.17) is 0 Å². The summed E-state index contributed by atoms with van der Waals surface area (Å²) < 4.78 is 0. The first kappa shape index (κ1) is 7.25. The number of rotatable bonds is 1. The van der Waals surface area contributed by atoms with E-state index in [2.05, 4.69) is 5.32 Å². The van der Waals surface area contributed by atoms with Gasteiger partial charge in [0.1, 0.15) is 5.78 Å². The highest BCUT2D eigenvalue weighted by atomic mass is 16.2. The van der Waals surface area contributed by atoms with Crippen molar-refractivity contribution >= 4 is 11.7 Å². The van der Waals surface area contributed by atoms with Crippen LogP contribution in [0.15, 0.2) is 0 Å². The van der Waals surface area contributed by atoms with Gasteiger partial charge in [-0.3, -0.25) is 9.59 Å². The molecular formula is C7H11NO2. The Hall–Kier alpha value is -0.860. The van der Waals surface area contributed by atoms with Gasteiger partial charge >= 0.3 is 0 Å². The lowest BCUT2D eigenvalue weighted by molar-refractivity contribution is -0.132. The molecule has 1 fully saturated rings. The Morgan fingerprint density at radius 2 is 2.30 bits per heavy atom. The molecule has 1 saturated heterocycles. The Kier molecular flexibility index (Phi) is 2.04. The number of ketones is 1. The first-order chi connectivity index (χ1) is 4.72. The van der Waals surface area contributed by atoms with Gasteiger partial charge in [0.15, 0.2) is 0 Å². The van der Waals surface area contributed by atoms with Gasteiger partial charge in [-0.2, -0.15) is 0 Å². The lowest BCUT2D eigenvalue weighted by atomic mass is 10.0. The molecule has 0 aliphatic carbocycles. The lowest BCUT2D eigenvalue weighted by Crippen LogP contribution is -2.42. The zero-order chi connectivity index (χ0) is 7.56. The summed E-state index contributed by atoms with van der Waals surface area (Å²) in [6, 6.07) is 0.0914. The van der Waals surface area contributed by atoms with Crippen LogP contribution in [0.3, 0.4) is 0 Å². The SMILES string of the molecule is CCC1CC(=O)CC(=O)N1. The summed E-state index contributed by atoms with van der Waals surface area (Å²) in [7, 11) is 0. The highest BCUT2D eigenvalue weighted by Gasteiger charge is 2.22. The van der Waals surface area contributed by atoms with E-state index >= 15 is 0 Å². The molecule has 0 spiro atoms. The van der Waals surface area contributed by atoms with Crippen molar-refractivity contribution in [1.82, 2.24) is 5.32 Å². The van der Waals surface area contributed by atoms with Crippen molar-refractivity contribution in [2.75, 3.05) is 0 Å². The van der Waals surface area contributed by atoms with Crippen LogP contribution >= 0.6 is 0 Å². The Balaban J connectivity index is 2.50. The second kappa shape index (κ2) is 2.82. The molecule has 3 nitrogen and oxygen atoms in total. The largest absolute Gasteiger partial charge is 0.353 e. The Bertz CT molecular complexity index is 149. The van der Waals surface area contributed by atoms with Crippen molar-refractivity contribution in [2.45, 2.75) is 32.2 Å². The second-order valence-corrected chi connectivity index (χ2v) is 2.59. The molecule has 1 rings (SSSR count). The summed E-state index contributed by atoms with van der Waals surface area (Å²) in [4.78, 5) is 21.5. The van der Waals surface area contributed by atoms with Gasteiger partial charge in [-0.15, -0.1) is 0 Å². The number of hydrogen-bond acceptors (Lipinski definition) is 2. The van der Waals surface area contributed by atoms with Crippen molar-refractivity contribution < 1.29 is 9.59 Å². The average molecular weight is 141 g/mol. The van der Waals surface area contributed by atoms with Crippen LogP contribution in [0, 0.1) is 0 Å². The first-order valence-electron chi connectivity index (χ1n) is 3.53. The highest BCUT2D eigenvalue weighted by molar-refractivity contribution is 6.00. The third-order valence-electron chi connectivity index (χ3n) is 1.69. The summed E-state index contributed by atoms with van der Waals surface area (Å²) in [5, 5.41) is 2.74. The molecule has 56 valence electrons. The minimum atomic E-state index is -0.122. The predicted molar refractivity (Wildman–Crippen MR) is 36.5 cm³/mol. The molecular weight excluding hydrogens is 130 g/mol. The minimum absolute atomic E-state index is 0.0654. The van der Waals surface area contributed by atoms with Crippen LogP contribution in [0.4, 0.5) is 0 Å². The molecule has 1 N–H and O–H groups in total. The van der Waals surface area contributed by atoms with Crippen molar-refractivity contribution in [2.24, 2.45) is 0 Å². The number of Topliss-reactive ketones (excluding diaryl/α,β-unsaturated/α-hetero) is 1. The van der Waals surface area contributed by atoms with Crippen LogP contribution in [0.1, 0.15) is 26.2 Å². The fraction of sp³-hybridized carbons (Fsp3) is 0.714. The molecule has 1 amide bonds. The monoisotopic (exact) mass is 141 g/mol. The van der Waals surface area contributed by atoms with Gasteiger partial charge in [-0.25, -0.2) is 0 Å². The Morgan fingerprint density at radius 1 is 1.60 bits per heavy atom. The zero-order valence-corrected chi connectivity index (χ0v) is 6.02. The van der Waals surface area contributed by atoms with Crippen molar-refractivity contribution in [3.05, 3.63) is 0 Å². The van der Waals surface area contributed by atoms with E-state index in [-0.39, 0.29) is 24.2 Å². The molecule has 0 aromatic heterocycles. The van der Waals surface area contributed by atoms with E-state index in [0.29, 0.717) is 6.42 Å². The summed E-state index contributed by atoms with van der Waals surface area (Å²) in [6.45, 7) is 1.96. The van der Waals surface area contributed by atoms with E-state index in [9.17, 15) is 9.59 Å². The minimum Gasteiger partial charge on any atom is -0.353 e. The summed E-state index contributed by atoms with van der Waals surface area (Å²) in [5.41, 5.74) is 0. The van der Waals surface area contributed by atoms with Crippen LogP contribution < -0.4 is 5.32 Å². The van der Waals surface area contributed by atoms with E-state index in [1.165, 1.54) is 0 Å². The number of carbonyl (C=O) groups is 2. The van der Waals surface area contributed by atoms with Gasteiger partial charge in [0.05, 0.1) is 6.42 Å². The van der Waals surface area contributed by atoms with Crippen LogP contribution in [-0.4, -0.2) is 17.7 Å². The molecule has 1 heterocycles. The number of hydrogen-bond donors (Lipinski definition) is 1. The summed E-state index contributed by atoms with van der Waals surface area (Å²) >= 11 is 0. The first-order valence-corrected chi connectivity index (χ1v) is 3.53. The van der Waals surface area contributed by atoms with E-state index < -0.39 is 0 Å². The zero-order valence-electron chi connectivity index (χ0n) is 6.02. The topological polar surface area (TPSA) is 46.2 Å². The molecule has 10 heavy (non-hydrogen) atoms. The molecule has 0 bridgehead atoms. The molecule has 1 aliphatic rings. The van der Waals surface area contributed by atoms with Crippen LogP contribution in [0.5, 0.6) is 0 Å². The average Bonchev–Trinajstić information content (AvgIpc) is 1.85. The molecule has 0 radical (unpaired) electrons. The molecule has 0 aromatic rings. The van der Waals surface area contributed by atoms with E-state index in [1.807, 2.05) is 6.92 Å². The van der Waals surface area contributed by atoms with Crippen molar-refractivity contribution in [3.63, 3.8) is 0 Å². The quantitative estimate of drug-likeness (QED) is 0.532. The van der Waals surface area contributed by atoms with Gasteiger partial charge < -0.3 is 5.32 Å². The van der Waals surface area contributed by atoms with Crippen LogP contribution in [0.2, 0.25) is 0 Å². The standard InChI is InChI=1S/C7H11NO2/c1-2-5-3-6(9)4-7(10)8-5/h5H,2-4H2,1H3,(H,8,10). The number of carbonyl (C=O) groups excluding carboxylic acids is 2. The highest BCUT2D eigenvalue weighted by Crippen LogP contribution is 2.06. The number of piperidine rings is 1. The van der Waals surface area contributed by atoms with Crippen LogP contribution in [0.25, 0.3) is 0 Å². The smallest absolute Gasteiger partial charge is 0.227 e. The fourth-order valence-corrected chi connectivity index (χ4v) is 1.10. The van der Waals surface area contributed by atoms with Crippen molar-refractivity contribution in [1.29, 1.82) is 0 Å². The molecule has 1 atom stereocenters.